The monoisotopic (exact) mass is 245 g/mol. The minimum Gasteiger partial charge on any atom is -0.381 e. The second kappa shape index (κ2) is 6.62. The largest absolute Gasteiger partial charge is 0.381 e. The molecule has 0 bridgehead atoms. The molecule has 1 heterocycles. The minimum absolute atomic E-state index is 0.167. The topological polar surface area (TPSA) is 29.5 Å². The van der Waals surface area contributed by atoms with E-state index in [-0.39, 0.29) is 5.41 Å². The Labute approximate surface area is 103 Å². The first kappa shape index (κ1) is 14.0. The number of rotatable bonds is 6. The normalized spacial score (nSPS) is 22.0. The standard InChI is InChI=1S/C12H23NO2S/c1-11(8-16-3)13(2)9-12(10-14)4-6-15-7-5-12/h10-11H,4-9H2,1-3H3. The molecule has 0 N–H and O–H groups in total. The van der Waals surface area contributed by atoms with Gasteiger partial charge in [-0.25, -0.2) is 0 Å². The molecule has 1 saturated heterocycles. The van der Waals surface area contributed by atoms with Gasteiger partial charge in [-0.2, -0.15) is 11.8 Å². The Hall–Kier alpha value is -0.0600. The Morgan fingerprint density at radius 3 is 2.62 bits per heavy atom. The molecule has 0 aliphatic carbocycles. The van der Waals surface area contributed by atoms with Crippen LogP contribution in [-0.2, 0) is 9.53 Å². The highest BCUT2D eigenvalue weighted by molar-refractivity contribution is 7.98. The number of carbonyl (C=O) groups is 1. The highest BCUT2D eigenvalue weighted by Crippen LogP contribution is 2.29. The van der Waals surface area contributed by atoms with Crippen molar-refractivity contribution in [3.8, 4) is 0 Å². The molecule has 94 valence electrons. The molecule has 1 rings (SSSR count). The summed E-state index contributed by atoms with van der Waals surface area (Å²) in [6.45, 7) is 4.53. The van der Waals surface area contributed by atoms with Gasteiger partial charge in [0.25, 0.3) is 0 Å². The van der Waals surface area contributed by atoms with Gasteiger partial charge in [0.15, 0.2) is 0 Å². The lowest BCUT2D eigenvalue weighted by molar-refractivity contribution is -0.123. The third kappa shape index (κ3) is 3.75. The molecule has 1 fully saturated rings. The fourth-order valence-electron chi connectivity index (χ4n) is 2.11. The van der Waals surface area contributed by atoms with Crippen LogP contribution < -0.4 is 0 Å². The molecular weight excluding hydrogens is 222 g/mol. The number of carbonyl (C=O) groups excluding carboxylic acids is 1. The van der Waals surface area contributed by atoms with Crippen molar-refractivity contribution in [2.75, 3.05) is 38.8 Å². The lowest BCUT2D eigenvalue weighted by Gasteiger charge is -2.37. The highest BCUT2D eigenvalue weighted by atomic mass is 32.2. The van der Waals surface area contributed by atoms with Gasteiger partial charge in [0.05, 0.1) is 0 Å². The molecule has 0 amide bonds. The summed E-state index contributed by atoms with van der Waals surface area (Å²) < 4.78 is 5.33. The van der Waals surface area contributed by atoms with E-state index in [0.29, 0.717) is 6.04 Å². The molecule has 0 spiro atoms. The van der Waals surface area contributed by atoms with Crippen molar-refractivity contribution in [2.45, 2.75) is 25.8 Å². The van der Waals surface area contributed by atoms with E-state index in [4.69, 9.17) is 4.74 Å². The van der Waals surface area contributed by atoms with E-state index in [0.717, 1.165) is 44.6 Å². The summed E-state index contributed by atoms with van der Waals surface area (Å²) in [6.07, 6.45) is 5.01. The van der Waals surface area contributed by atoms with Gasteiger partial charge >= 0.3 is 0 Å². The van der Waals surface area contributed by atoms with Crippen LogP contribution in [0.25, 0.3) is 0 Å². The van der Waals surface area contributed by atoms with Crippen LogP contribution in [0.5, 0.6) is 0 Å². The Morgan fingerprint density at radius 2 is 2.12 bits per heavy atom. The van der Waals surface area contributed by atoms with Crippen LogP contribution in [-0.4, -0.2) is 56.0 Å². The van der Waals surface area contributed by atoms with Gasteiger partial charge in [0.2, 0.25) is 0 Å². The van der Waals surface area contributed by atoms with E-state index in [1.807, 2.05) is 11.8 Å². The zero-order valence-corrected chi connectivity index (χ0v) is 11.4. The van der Waals surface area contributed by atoms with E-state index in [1.165, 1.54) is 0 Å². The molecule has 0 saturated carbocycles. The summed E-state index contributed by atoms with van der Waals surface area (Å²) in [5.74, 6) is 1.11. The number of hydrogen-bond donors (Lipinski definition) is 0. The number of thioether (sulfide) groups is 1. The maximum absolute atomic E-state index is 11.3. The predicted molar refractivity (Wildman–Crippen MR) is 69.0 cm³/mol. The summed E-state index contributed by atoms with van der Waals surface area (Å²) in [5, 5.41) is 0. The third-order valence-electron chi connectivity index (χ3n) is 3.46. The molecule has 0 radical (unpaired) electrons. The van der Waals surface area contributed by atoms with Gasteiger partial charge in [0, 0.05) is 37.0 Å². The fraction of sp³-hybridized carbons (Fsp3) is 0.917. The molecule has 1 atom stereocenters. The second-order valence-corrected chi connectivity index (χ2v) is 5.72. The van der Waals surface area contributed by atoms with Crippen LogP contribution in [0.2, 0.25) is 0 Å². The molecule has 3 nitrogen and oxygen atoms in total. The maximum atomic E-state index is 11.3. The zero-order chi connectivity index (χ0) is 12.0. The van der Waals surface area contributed by atoms with E-state index < -0.39 is 0 Å². The van der Waals surface area contributed by atoms with Crippen LogP contribution >= 0.6 is 11.8 Å². The van der Waals surface area contributed by atoms with Gasteiger partial charge in [-0.15, -0.1) is 0 Å². The van der Waals surface area contributed by atoms with Crippen LogP contribution in [0.4, 0.5) is 0 Å². The van der Waals surface area contributed by atoms with E-state index in [1.54, 1.807) is 0 Å². The molecule has 0 aromatic heterocycles. The van der Waals surface area contributed by atoms with Gasteiger partial charge < -0.3 is 14.4 Å². The Balaban J connectivity index is 2.51. The van der Waals surface area contributed by atoms with Gasteiger partial charge in [-0.3, -0.25) is 0 Å². The Morgan fingerprint density at radius 1 is 1.50 bits per heavy atom. The molecule has 1 aliphatic rings. The van der Waals surface area contributed by atoms with E-state index in [2.05, 4.69) is 25.1 Å². The molecule has 16 heavy (non-hydrogen) atoms. The van der Waals surface area contributed by atoms with Gasteiger partial charge in [-0.1, -0.05) is 0 Å². The smallest absolute Gasteiger partial charge is 0.127 e. The first-order chi connectivity index (χ1) is 7.63. The summed E-state index contributed by atoms with van der Waals surface area (Å²) in [6, 6.07) is 0.523. The quantitative estimate of drug-likeness (QED) is 0.666. The lowest BCUT2D eigenvalue weighted by Crippen LogP contribution is -2.44. The van der Waals surface area contributed by atoms with Crippen molar-refractivity contribution in [3.63, 3.8) is 0 Å². The SMILES string of the molecule is CSCC(C)N(C)CC1(C=O)CCOCC1. The second-order valence-electron chi connectivity index (χ2n) is 4.81. The van der Waals surface area contributed by atoms with Crippen molar-refractivity contribution < 1.29 is 9.53 Å². The Kier molecular flexibility index (Phi) is 5.79. The summed E-state index contributed by atoms with van der Waals surface area (Å²) in [7, 11) is 2.11. The highest BCUT2D eigenvalue weighted by Gasteiger charge is 2.34. The van der Waals surface area contributed by atoms with E-state index in [9.17, 15) is 4.79 Å². The van der Waals surface area contributed by atoms with Crippen molar-refractivity contribution >= 4 is 18.0 Å². The molecule has 0 aromatic rings. The predicted octanol–water partition coefficient (Wildman–Crippen LogP) is 1.67. The minimum atomic E-state index is -0.167. The van der Waals surface area contributed by atoms with Crippen LogP contribution in [0.1, 0.15) is 19.8 Å². The number of aldehydes is 1. The number of ether oxygens (including phenoxy) is 1. The average Bonchev–Trinajstić information content (AvgIpc) is 2.30. The van der Waals surface area contributed by atoms with Crippen molar-refractivity contribution in [1.29, 1.82) is 0 Å². The molecule has 4 heteroatoms. The van der Waals surface area contributed by atoms with Crippen molar-refractivity contribution in [1.82, 2.24) is 4.90 Å². The zero-order valence-electron chi connectivity index (χ0n) is 10.6. The van der Waals surface area contributed by atoms with Crippen molar-refractivity contribution in [3.05, 3.63) is 0 Å². The first-order valence-corrected chi connectivity index (χ1v) is 7.26. The van der Waals surface area contributed by atoms with E-state index >= 15 is 0 Å². The van der Waals surface area contributed by atoms with Crippen LogP contribution in [0.15, 0.2) is 0 Å². The van der Waals surface area contributed by atoms with Gasteiger partial charge in [0.1, 0.15) is 6.29 Å². The maximum Gasteiger partial charge on any atom is 0.127 e. The summed E-state index contributed by atoms with van der Waals surface area (Å²) >= 11 is 1.85. The average molecular weight is 245 g/mol. The van der Waals surface area contributed by atoms with Gasteiger partial charge in [-0.05, 0) is 33.1 Å². The fourth-order valence-corrected chi connectivity index (χ4v) is 2.85. The summed E-state index contributed by atoms with van der Waals surface area (Å²) in [5.41, 5.74) is -0.167. The summed E-state index contributed by atoms with van der Waals surface area (Å²) in [4.78, 5) is 13.6. The Bertz CT molecular complexity index is 217. The third-order valence-corrected chi connectivity index (χ3v) is 4.28. The number of hydrogen-bond acceptors (Lipinski definition) is 4. The first-order valence-electron chi connectivity index (χ1n) is 5.87. The van der Waals surface area contributed by atoms with Crippen molar-refractivity contribution in [2.24, 2.45) is 5.41 Å². The van der Waals surface area contributed by atoms with Crippen LogP contribution in [0, 0.1) is 5.41 Å². The molecule has 0 aromatic carbocycles. The molecular formula is C12H23NO2S. The molecule has 1 aliphatic heterocycles. The lowest BCUT2D eigenvalue weighted by atomic mass is 9.81. The molecule has 1 unspecified atom stereocenters. The number of nitrogens with zero attached hydrogens (tertiary/aromatic N) is 1. The van der Waals surface area contributed by atoms with Crippen LogP contribution in [0.3, 0.4) is 0 Å².